The quantitative estimate of drug-likeness (QED) is 0.767. The van der Waals surface area contributed by atoms with Crippen molar-refractivity contribution in [1.29, 1.82) is 0 Å². The van der Waals surface area contributed by atoms with Crippen molar-refractivity contribution in [1.82, 2.24) is 20.4 Å². The molecule has 0 unspecified atom stereocenters. The number of carbonyl (C=O) groups excluding carboxylic acids is 2. The van der Waals surface area contributed by atoms with Crippen LogP contribution in [0.3, 0.4) is 0 Å². The van der Waals surface area contributed by atoms with Gasteiger partial charge in [-0.2, -0.15) is 5.10 Å². The van der Waals surface area contributed by atoms with Crippen molar-refractivity contribution in [2.24, 2.45) is 0 Å². The molecule has 2 fully saturated rings. The van der Waals surface area contributed by atoms with Gasteiger partial charge in [0.05, 0.1) is 36.7 Å². The third-order valence-corrected chi connectivity index (χ3v) is 5.34. The Bertz CT molecular complexity index is 815. The van der Waals surface area contributed by atoms with E-state index in [1.165, 1.54) is 12.8 Å². The molecule has 27 heavy (non-hydrogen) atoms. The molecule has 1 aromatic carbocycles. The van der Waals surface area contributed by atoms with E-state index in [-0.39, 0.29) is 30.4 Å². The Hall–Kier alpha value is -2.61. The van der Waals surface area contributed by atoms with Crippen LogP contribution in [0, 0.1) is 0 Å². The number of nitrogens with one attached hydrogen (secondary N) is 3. The zero-order chi connectivity index (χ0) is 18.6. The van der Waals surface area contributed by atoms with Gasteiger partial charge >= 0.3 is 6.03 Å². The first kappa shape index (κ1) is 17.8. The average Bonchev–Trinajstić information content (AvgIpc) is 3.34. The Balaban J connectivity index is 1.39. The molecule has 1 saturated heterocycles. The Morgan fingerprint density at radius 1 is 1.30 bits per heavy atom. The van der Waals surface area contributed by atoms with Crippen molar-refractivity contribution in [2.45, 2.75) is 44.2 Å². The number of rotatable bonds is 4. The molecule has 3 amide bonds. The van der Waals surface area contributed by atoms with E-state index in [1.807, 2.05) is 18.2 Å². The van der Waals surface area contributed by atoms with Crippen molar-refractivity contribution in [3.05, 3.63) is 24.4 Å². The minimum Gasteiger partial charge on any atom is -0.377 e. The summed E-state index contributed by atoms with van der Waals surface area (Å²) in [6.07, 6.45) is 6.32. The number of fused-ring (bicyclic) bond motifs is 1. The molecule has 1 aromatic heterocycles. The molecule has 0 bridgehead atoms. The van der Waals surface area contributed by atoms with Crippen molar-refractivity contribution in [3.63, 3.8) is 0 Å². The van der Waals surface area contributed by atoms with Crippen LogP contribution >= 0.6 is 0 Å². The largest absolute Gasteiger partial charge is 0.377 e. The average molecular weight is 371 g/mol. The monoisotopic (exact) mass is 371 g/mol. The van der Waals surface area contributed by atoms with Gasteiger partial charge in [-0.25, -0.2) is 4.79 Å². The molecular weight excluding hydrogens is 346 g/mol. The van der Waals surface area contributed by atoms with E-state index in [9.17, 15) is 9.59 Å². The normalized spacial score (nSPS) is 20.7. The van der Waals surface area contributed by atoms with Crippen LogP contribution in [0.4, 0.5) is 10.5 Å². The van der Waals surface area contributed by atoms with Gasteiger partial charge < -0.3 is 20.3 Å². The van der Waals surface area contributed by atoms with E-state index in [4.69, 9.17) is 4.74 Å². The first-order chi connectivity index (χ1) is 13.2. The first-order valence-electron chi connectivity index (χ1n) is 9.57. The summed E-state index contributed by atoms with van der Waals surface area (Å²) in [5.74, 6) is -0.147. The van der Waals surface area contributed by atoms with Crippen molar-refractivity contribution < 1.29 is 14.3 Å². The predicted molar refractivity (Wildman–Crippen MR) is 101 cm³/mol. The predicted octanol–water partition coefficient (Wildman–Crippen LogP) is 2.24. The molecule has 8 heteroatoms. The summed E-state index contributed by atoms with van der Waals surface area (Å²) >= 11 is 0. The third kappa shape index (κ3) is 4.05. The summed E-state index contributed by atoms with van der Waals surface area (Å²) in [5.41, 5.74) is 1.48. The van der Waals surface area contributed by atoms with Crippen LogP contribution in [0.15, 0.2) is 24.4 Å². The number of aromatic amines is 1. The number of benzene rings is 1. The topological polar surface area (TPSA) is 99.3 Å². The minimum atomic E-state index is -0.263. The zero-order valence-corrected chi connectivity index (χ0v) is 15.2. The summed E-state index contributed by atoms with van der Waals surface area (Å²) in [6, 6.07) is 5.55. The third-order valence-electron chi connectivity index (χ3n) is 5.34. The van der Waals surface area contributed by atoms with Crippen LogP contribution < -0.4 is 10.6 Å². The van der Waals surface area contributed by atoms with Crippen LogP contribution in [-0.2, 0) is 9.53 Å². The Morgan fingerprint density at radius 2 is 2.15 bits per heavy atom. The fraction of sp³-hybridized carbons (Fsp3) is 0.526. The van der Waals surface area contributed by atoms with Gasteiger partial charge in [-0.3, -0.25) is 9.89 Å². The molecule has 2 aromatic rings. The Morgan fingerprint density at radius 3 is 3.00 bits per heavy atom. The van der Waals surface area contributed by atoms with Gasteiger partial charge in [0.15, 0.2) is 0 Å². The van der Waals surface area contributed by atoms with Gasteiger partial charge in [0.25, 0.3) is 0 Å². The summed E-state index contributed by atoms with van der Waals surface area (Å²) in [6.45, 7) is 1.38. The lowest BCUT2D eigenvalue weighted by Gasteiger charge is -2.36. The molecule has 0 radical (unpaired) electrons. The van der Waals surface area contributed by atoms with Gasteiger partial charge in [-0.1, -0.05) is 25.0 Å². The molecule has 8 nitrogen and oxygen atoms in total. The highest BCUT2D eigenvalue weighted by atomic mass is 16.5. The second-order valence-electron chi connectivity index (χ2n) is 7.25. The fourth-order valence-corrected chi connectivity index (χ4v) is 3.91. The highest BCUT2D eigenvalue weighted by Gasteiger charge is 2.31. The number of hydrogen-bond donors (Lipinski definition) is 3. The number of H-pyrrole nitrogens is 1. The number of nitrogens with zero attached hydrogens (tertiary/aromatic N) is 2. The number of ether oxygens (including phenoxy) is 1. The van der Waals surface area contributed by atoms with Crippen LogP contribution in [0.25, 0.3) is 10.9 Å². The number of para-hydroxylation sites is 1. The minimum absolute atomic E-state index is 0.0846. The smallest absolute Gasteiger partial charge is 0.318 e. The van der Waals surface area contributed by atoms with Gasteiger partial charge in [0, 0.05) is 24.4 Å². The van der Waals surface area contributed by atoms with Crippen LogP contribution in [-0.4, -0.2) is 58.9 Å². The highest BCUT2D eigenvalue weighted by Crippen LogP contribution is 2.22. The molecule has 1 atom stereocenters. The maximum Gasteiger partial charge on any atom is 0.318 e. The van der Waals surface area contributed by atoms with Crippen LogP contribution in [0.5, 0.6) is 0 Å². The van der Waals surface area contributed by atoms with Crippen molar-refractivity contribution >= 4 is 28.5 Å². The molecule has 1 saturated carbocycles. The number of urea groups is 1. The van der Waals surface area contributed by atoms with E-state index in [0.29, 0.717) is 25.4 Å². The maximum absolute atomic E-state index is 12.7. The summed E-state index contributed by atoms with van der Waals surface area (Å²) in [4.78, 5) is 27.0. The van der Waals surface area contributed by atoms with Crippen molar-refractivity contribution in [2.75, 3.05) is 25.1 Å². The van der Waals surface area contributed by atoms with Crippen LogP contribution in [0.1, 0.15) is 32.1 Å². The summed E-state index contributed by atoms with van der Waals surface area (Å²) < 4.78 is 5.52. The molecule has 0 spiro atoms. The van der Waals surface area contributed by atoms with Gasteiger partial charge in [0.1, 0.15) is 0 Å². The second-order valence-corrected chi connectivity index (χ2v) is 7.25. The van der Waals surface area contributed by atoms with Gasteiger partial charge in [-0.15, -0.1) is 0 Å². The molecular formula is C19H25N5O3. The van der Waals surface area contributed by atoms with Crippen LogP contribution in [0.2, 0.25) is 0 Å². The van der Waals surface area contributed by atoms with E-state index in [0.717, 1.165) is 23.7 Å². The molecule has 144 valence electrons. The molecule has 1 aliphatic heterocycles. The van der Waals surface area contributed by atoms with E-state index < -0.39 is 0 Å². The Kier molecular flexibility index (Phi) is 5.24. The summed E-state index contributed by atoms with van der Waals surface area (Å²) in [5, 5.41) is 13.9. The molecule has 2 aliphatic rings. The lowest BCUT2D eigenvalue weighted by molar-refractivity contribution is -0.118. The number of anilines is 1. The van der Waals surface area contributed by atoms with Crippen molar-refractivity contribution in [3.8, 4) is 0 Å². The molecule has 1 aliphatic carbocycles. The molecule has 4 rings (SSSR count). The first-order valence-corrected chi connectivity index (χ1v) is 9.57. The summed E-state index contributed by atoms with van der Waals surface area (Å²) in [7, 11) is 0. The molecule has 3 N–H and O–H groups in total. The lowest BCUT2D eigenvalue weighted by Crippen LogP contribution is -2.54. The Labute approximate surface area is 157 Å². The number of carbonyl (C=O) groups is 2. The number of amides is 3. The maximum atomic E-state index is 12.7. The molecule has 2 heterocycles. The van der Waals surface area contributed by atoms with Gasteiger partial charge in [-0.05, 0) is 18.9 Å². The van der Waals surface area contributed by atoms with Gasteiger partial charge in [0.2, 0.25) is 5.91 Å². The van der Waals surface area contributed by atoms with E-state index in [2.05, 4.69) is 20.8 Å². The zero-order valence-electron chi connectivity index (χ0n) is 15.2. The number of aromatic nitrogens is 2. The fourth-order valence-electron chi connectivity index (χ4n) is 3.91. The lowest BCUT2D eigenvalue weighted by atomic mass is 10.1. The standard InChI is InChI=1S/C19H25N5O3/c25-17(22-16-7-3-4-13-11-20-23-18(13)16)10-15-12-27-9-8-24(15)19(26)21-14-5-1-2-6-14/h3-4,7,11,14-15H,1-2,5-6,8-10,12H2,(H,20,23)(H,21,26)(H,22,25)/t15-/m1/s1. The highest BCUT2D eigenvalue weighted by molar-refractivity contribution is 6.00. The SMILES string of the molecule is O=C(C[C@@H]1COCCN1C(=O)NC1CCCC1)Nc1cccc2cn[nH]c12. The second kappa shape index (κ2) is 7.96. The number of hydrogen-bond acceptors (Lipinski definition) is 4. The van der Waals surface area contributed by atoms with E-state index >= 15 is 0 Å². The number of morpholine rings is 1. The van der Waals surface area contributed by atoms with E-state index in [1.54, 1.807) is 11.1 Å².